The smallest absolute Gasteiger partial charge is 0.249 e. The molecule has 1 heterocycles. The summed E-state index contributed by atoms with van der Waals surface area (Å²) >= 11 is 0. The van der Waals surface area contributed by atoms with Crippen LogP contribution >= 0.6 is 0 Å². The van der Waals surface area contributed by atoms with Gasteiger partial charge in [0.2, 0.25) is 11.8 Å². The number of fused-ring (bicyclic) bond motifs is 1. The molecule has 2 amide bonds. The lowest BCUT2D eigenvalue weighted by Crippen LogP contribution is -2.49. The van der Waals surface area contributed by atoms with Crippen LogP contribution in [0.25, 0.3) is 0 Å². The fourth-order valence-electron chi connectivity index (χ4n) is 2.72. The summed E-state index contributed by atoms with van der Waals surface area (Å²) in [7, 11) is 0. The number of benzene rings is 2. The van der Waals surface area contributed by atoms with Crippen molar-refractivity contribution >= 4 is 23.2 Å². The van der Waals surface area contributed by atoms with Crippen LogP contribution in [-0.2, 0) is 11.3 Å². The van der Waals surface area contributed by atoms with Crippen molar-refractivity contribution in [3.63, 3.8) is 0 Å². The summed E-state index contributed by atoms with van der Waals surface area (Å²) in [6.45, 7) is 0.179. The zero-order valence-electron chi connectivity index (χ0n) is 12.4. The van der Waals surface area contributed by atoms with Crippen molar-refractivity contribution in [2.75, 3.05) is 16.8 Å². The van der Waals surface area contributed by atoms with E-state index in [0.29, 0.717) is 17.8 Å². The van der Waals surface area contributed by atoms with E-state index in [1.165, 1.54) is 0 Å². The third kappa shape index (κ3) is 2.89. The molecule has 0 spiro atoms. The third-order valence-electron chi connectivity index (χ3n) is 3.90. The summed E-state index contributed by atoms with van der Waals surface area (Å²) in [5.41, 5.74) is 7.90. The molecule has 0 aromatic heterocycles. The van der Waals surface area contributed by atoms with Gasteiger partial charge in [0, 0.05) is 12.1 Å². The van der Waals surface area contributed by atoms with Crippen LogP contribution in [0.5, 0.6) is 0 Å². The van der Waals surface area contributed by atoms with Crippen molar-refractivity contribution < 1.29 is 14.7 Å². The Bertz CT molecular complexity index is 746. The molecule has 118 valence electrons. The van der Waals surface area contributed by atoms with E-state index >= 15 is 0 Å². The number of nitrogens with zero attached hydrogens (tertiary/aromatic N) is 1. The summed E-state index contributed by atoms with van der Waals surface area (Å²) in [4.78, 5) is 25.4. The van der Waals surface area contributed by atoms with Gasteiger partial charge in [0.15, 0.2) is 0 Å². The first kappa shape index (κ1) is 15.1. The predicted octanol–water partition coefficient (Wildman–Crippen LogP) is 1.11. The molecule has 0 unspecified atom stereocenters. The summed E-state index contributed by atoms with van der Waals surface area (Å²) in [6, 6.07) is 13.9. The lowest BCUT2D eigenvalue weighted by atomic mass is 10.0. The van der Waals surface area contributed by atoms with Gasteiger partial charge in [-0.05, 0) is 23.8 Å². The molecule has 0 saturated heterocycles. The van der Waals surface area contributed by atoms with Crippen molar-refractivity contribution in [2.45, 2.75) is 12.6 Å². The van der Waals surface area contributed by atoms with E-state index < -0.39 is 11.9 Å². The highest BCUT2D eigenvalue weighted by Gasteiger charge is 2.32. The van der Waals surface area contributed by atoms with E-state index in [4.69, 9.17) is 5.73 Å². The van der Waals surface area contributed by atoms with Crippen LogP contribution in [0.2, 0.25) is 0 Å². The average Bonchev–Trinajstić information content (AvgIpc) is 2.55. The van der Waals surface area contributed by atoms with Crippen molar-refractivity contribution in [1.29, 1.82) is 0 Å². The van der Waals surface area contributed by atoms with Crippen LogP contribution in [0.3, 0.4) is 0 Å². The minimum atomic E-state index is -0.679. The first-order valence-corrected chi connectivity index (χ1v) is 7.26. The maximum atomic E-state index is 12.2. The number of carbonyl (C=O) groups is 2. The van der Waals surface area contributed by atoms with E-state index in [-0.39, 0.29) is 12.5 Å². The van der Waals surface area contributed by atoms with E-state index in [1.54, 1.807) is 18.2 Å². The maximum absolute atomic E-state index is 12.2. The lowest BCUT2D eigenvalue weighted by molar-refractivity contribution is -0.118. The molecule has 6 heteroatoms. The first-order valence-electron chi connectivity index (χ1n) is 7.26. The number of carbonyl (C=O) groups excluding carboxylic acids is 2. The maximum Gasteiger partial charge on any atom is 0.249 e. The third-order valence-corrected chi connectivity index (χ3v) is 3.90. The molecule has 1 aliphatic rings. The van der Waals surface area contributed by atoms with E-state index in [9.17, 15) is 14.7 Å². The van der Waals surface area contributed by atoms with Gasteiger partial charge in [0.05, 0.1) is 18.0 Å². The highest BCUT2D eigenvalue weighted by atomic mass is 16.3. The summed E-state index contributed by atoms with van der Waals surface area (Å²) in [5, 5.41) is 12.3. The molecule has 1 atom stereocenters. The minimum absolute atomic E-state index is 0.296. The van der Waals surface area contributed by atoms with Crippen LogP contribution in [-0.4, -0.2) is 29.6 Å². The normalized spacial score (nSPS) is 16.7. The highest BCUT2D eigenvalue weighted by Crippen LogP contribution is 2.34. The Morgan fingerprint density at radius 1 is 1.22 bits per heavy atom. The fraction of sp³-hybridized carbons (Fsp3) is 0.176. The first-order chi connectivity index (χ1) is 11.1. The van der Waals surface area contributed by atoms with Gasteiger partial charge >= 0.3 is 0 Å². The Labute approximate surface area is 133 Å². The number of hydrogen-bond donors (Lipinski definition) is 3. The largest absolute Gasteiger partial charge is 0.394 e. The molecular weight excluding hydrogens is 294 g/mol. The number of primary amides is 1. The number of amides is 2. The zero-order valence-corrected chi connectivity index (χ0v) is 12.4. The van der Waals surface area contributed by atoms with Crippen LogP contribution < -0.4 is 16.0 Å². The van der Waals surface area contributed by atoms with Crippen molar-refractivity contribution in [1.82, 2.24) is 0 Å². The van der Waals surface area contributed by atoms with Crippen LogP contribution in [0, 0.1) is 0 Å². The van der Waals surface area contributed by atoms with E-state index in [0.717, 1.165) is 11.3 Å². The number of anilines is 2. The summed E-state index contributed by atoms with van der Waals surface area (Å²) in [5.74, 6) is -0.863. The van der Waals surface area contributed by atoms with Crippen molar-refractivity contribution in [3.05, 3.63) is 59.7 Å². The van der Waals surface area contributed by atoms with Gasteiger partial charge in [0.1, 0.15) is 6.04 Å². The van der Waals surface area contributed by atoms with Gasteiger partial charge in [-0.2, -0.15) is 0 Å². The predicted molar refractivity (Wildman–Crippen MR) is 87.1 cm³/mol. The molecule has 0 saturated carbocycles. The Hall–Kier alpha value is -2.86. The molecule has 0 radical (unpaired) electrons. The number of hydrogen-bond acceptors (Lipinski definition) is 4. The van der Waals surface area contributed by atoms with Crippen LogP contribution in [0.15, 0.2) is 48.5 Å². The highest BCUT2D eigenvalue weighted by molar-refractivity contribution is 6.05. The second-order valence-electron chi connectivity index (χ2n) is 5.40. The summed E-state index contributed by atoms with van der Waals surface area (Å²) < 4.78 is 0. The fourth-order valence-corrected chi connectivity index (χ4v) is 2.72. The van der Waals surface area contributed by atoms with Gasteiger partial charge in [-0.15, -0.1) is 0 Å². The lowest BCUT2D eigenvalue weighted by Gasteiger charge is -2.37. The van der Waals surface area contributed by atoms with Gasteiger partial charge in [-0.25, -0.2) is 0 Å². The SMILES string of the molecule is NC(=O)c1ccc2c(c1)NC(=O)[C@@H](CO)N2Cc1ccccc1. The Kier molecular flexibility index (Phi) is 3.99. The number of aliphatic hydroxyl groups excluding tert-OH is 1. The van der Waals surface area contributed by atoms with Crippen LogP contribution in [0.4, 0.5) is 11.4 Å². The Balaban J connectivity index is 2.02. The molecule has 1 aliphatic heterocycles. The molecular formula is C17H17N3O3. The van der Waals surface area contributed by atoms with Crippen molar-refractivity contribution in [2.24, 2.45) is 5.73 Å². The number of nitrogens with one attached hydrogen (secondary N) is 1. The molecule has 2 aromatic rings. The molecule has 6 nitrogen and oxygen atoms in total. The second kappa shape index (κ2) is 6.10. The monoisotopic (exact) mass is 311 g/mol. The number of aliphatic hydroxyl groups is 1. The quantitative estimate of drug-likeness (QED) is 0.788. The standard InChI is InChI=1S/C17H17N3O3/c18-16(22)12-6-7-14-13(8-12)19-17(23)15(10-21)20(14)9-11-4-2-1-3-5-11/h1-8,15,21H,9-10H2,(H2,18,22)(H,19,23)/t15-/m1/s1. The Morgan fingerprint density at radius 3 is 2.61 bits per heavy atom. The number of nitrogens with two attached hydrogens (primary N) is 1. The summed E-state index contributed by atoms with van der Waals surface area (Å²) in [6.07, 6.45) is 0. The second-order valence-corrected chi connectivity index (χ2v) is 5.40. The van der Waals surface area contributed by atoms with Gasteiger partial charge in [-0.1, -0.05) is 30.3 Å². The molecule has 3 rings (SSSR count). The molecule has 0 aliphatic carbocycles. The number of rotatable bonds is 4. The van der Waals surface area contributed by atoms with E-state index in [1.807, 2.05) is 35.2 Å². The van der Waals surface area contributed by atoms with Crippen LogP contribution in [0.1, 0.15) is 15.9 Å². The van der Waals surface area contributed by atoms with Gasteiger partial charge in [0.25, 0.3) is 0 Å². The van der Waals surface area contributed by atoms with Gasteiger partial charge < -0.3 is 21.1 Å². The molecule has 2 aromatic carbocycles. The zero-order chi connectivity index (χ0) is 16.4. The van der Waals surface area contributed by atoms with Gasteiger partial charge in [-0.3, -0.25) is 9.59 Å². The Morgan fingerprint density at radius 2 is 1.96 bits per heavy atom. The molecule has 4 N–H and O–H groups in total. The molecule has 23 heavy (non-hydrogen) atoms. The minimum Gasteiger partial charge on any atom is -0.394 e. The average molecular weight is 311 g/mol. The molecule has 0 fully saturated rings. The van der Waals surface area contributed by atoms with E-state index in [2.05, 4.69) is 5.32 Å². The topological polar surface area (TPSA) is 95.7 Å². The van der Waals surface area contributed by atoms with Crippen molar-refractivity contribution in [3.8, 4) is 0 Å². The molecule has 0 bridgehead atoms.